The van der Waals surface area contributed by atoms with Gasteiger partial charge in [0.25, 0.3) is 11.5 Å². The van der Waals surface area contributed by atoms with Crippen LogP contribution in [-0.4, -0.2) is 33.6 Å². The van der Waals surface area contributed by atoms with Crippen LogP contribution in [0.15, 0.2) is 47.5 Å². The molecule has 0 fully saturated rings. The number of anilines is 2. The van der Waals surface area contributed by atoms with E-state index in [4.69, 9.17) is 11.6 Å². The summed E-state index contributed by atoms with van der Waals surface area (Å²) in [5.74, 6) is -0.336. The van der Waals surface area contributed by atoms with Gasteiger partial charge in [-0.25, -0.2) is 0 Å². The van der Waals surface area contributed by atoms with Crippen molar-refractivity contribution in [1.29, 1.82) is 0 Å². The van der Waals surface area contributed by atoms with Gasteiger partial charge in [0.2, 0.25) is 0 Å². The zero-order valence-corrected chi connectivity index (χ0v) is 19.2. The smallest absolute Gasteiger partial charge is 0.256 e. The highest BCUT2D eigenvalue weighted by atomic mass is 35.5. The van der Waals surface area contributed by atoms with Crippen molar-refractivity contribution in [2.45, 2.75) is 39.7 Å². The molecule has 0 saturated carbocycles. The monoisotopic (exact) mass is 454 g/mol. The van der Waals surface area contributed by atoms with Crippen LogP contribution in [-0.2, 0) is 0 Å². The molecule has 0 spiro atoms. The zero-order valence-electron chi connectivity index (χ0n) is 18.5. The van der Waals surface area contributed by atoms with Crippen LogP contribution in [0.3, 0.4) is 0 Å². The molecule has 1 unspecified atom stereocenters. The molecule has 32 heavy (non-hydrogen) atoms. The third-order valence-electron chi connectivity index (χ3n) is 5.13. The summed E-state index contributed by atoms with van der Waals surface area (Å²) in [4.78, 5) is 32.7. The number of benzene rings is 1. The van der Waals surface area contributed by atoms with Crippen LogP contribution in [0.1, 0.15) is 48.3 Å². The van der Waals surface area contributed by atoms with Crippen molar-refractivity contribution < 1.29 is 9.90 Å². The predicted molar refractivity (Wildman–Crippen MR) is 128 cm³/mol. The molecule has 0 saturated heterocycles. The van der Waals surface area contributed by atoms with E-state index in [-0.39, 0.29) is 24.0 Å². The second-order valence-corrected chi connectivity index (χ2v) is 8.49. The van der Waals surface area contributed by atoms with E-state index in [1.807, 2.05) is 26.8 Å². The van der Waals surface area contributed by atoms with E-state index in [9.17, 15) is 14.7 Å². The van der Waals surface area contributed by atoms with Crippen molar-refractivity contribution in [2.24, 2.45) is 0 Å². The van der Waals surface area contributed by atoms with Gasteiger partial charge < -0.3 is 20.7 Å². The fourth-order valence-corrected chi connectivity index (χ4v) is 3.54. The van der Waals surface area contributed by atoms with E-state index in [2.05, 4.69) is 20.6 Å². The van der Waals surface area contributed by atoms with Crippen LogP contribution < -0.4 is 16.2 Å². The first-order valence-corrected chi connectivity index (χ1v) is 10.8. The van der Waals surface area contributed by atoms with Gasteiger partial charge in [-0.1, -0.05) is 31.5 Å². The topological polar surface area (TPSA) is 107 Å². The summed E-state index contributed by atoms with van der Waals surface area (Å²) < 4.78 is 0. The molecule has 7 nitrogen and oxygen atoms in total. The zero-order chi connectivity index (χ0) is 23.4. The molecular weight excluding hydrogens is 428 g/mol. The van der Waals surface area contributed by atoms with Crippen LogP contribution >= 0.6 is 11.6 Å². The van der Waals surface area contributed by atoms with Gasteiger partial charge >= 0.3 is 0 Å². The molecule has 0 bridgehead atoms. The second kappa shape index (κ2) is 9.97. The first-order chi connectivity index (χ1) is 15.2. The normalized spacial score (nSPS) is 12.0. The summed E-state index contributed by atoms with van der Waals surface area (Å²) in [5, 5.41) is 15.8. The number of halogens is 1. The van der Waals surface area contributed by atoms with Gasteiger partial charge in [-0.15, -0.1) is 0 Å². The summed E-state index contributed by atoms with van der Waals surface area (Å²) >= 11 is 6.18. The molecule has 3 rings (SSSR count). The SMILES string of the molecule is Cc1ccc(Cl)cc1-c1cc(Nc2ccncc2C(=O)NC(C)CO)c(C(C)C)[nH]c1=O. The lowest BCUT2D eigenvalue weighted by molar-refractivity contribution is 0.0923. The third-order valence-corrected chi connectivity index (χ3v) is 5.36. The first kappa shape index (κ1) is 23.5. The fraction of sp³-hybridized carbons (Fsp3) is 0.292. The number of pyridine rings is 2. The predicted octanol–water partition coefficient (Wildman–Crippen LogP) is 4.38. The lowest BCUT2D eigenvalue weighted by Crippen LogP contribution is -2.35. The maximum absolute atomic E-state index is 12.9. The number of rotatable bonds is 7. The minimum Gasteiger partial charge on any atom is -0.394 e. The molecule has 0 aliphatic carbocycles. The maximum Gasteiger partial charge on any atom is 0.256 e. The third kappa shape index (κ3) is 5.18. The minimum atomic E-state index is -0.396. The Morgan fingerprint density at radius 3 is 2.59 bits per heavy atom. The lowest BCUT2D eigenvalue weighted by Gasteiger charge is -2.19. The lowest BCUT2D eigenvalue weighted by atomic mass is 9.99. The number of carbonyl (C=O) groups is 1. The van der Waals surface area contributed by atoms with Crippen molar-refractivity contribution in [3.8, 4) is 11.1 Å². The molecule has 8 heteroatoms. The van der Waals surface area contributed by atoms with Crippen molar-refractivity contribution >= 4 is 28.9 Å². The van der Waals surface area contributed by atoms with Gasteiger partial charge in [-0.3, -0.25) is 14.6 Å². The van der Waals surface area contributed by atoms with Crippen molar-refractivity contribution in [1.82, 2.24) is 15.3 Å². The Labute approximate surface area is 191 Å². The van der Waals surface area contributed by atoms with Crippen molar-refractivity contribution in [3.05, 3.63) is 74.9 Å². The number of hydrogen-bond acceptors (Lipinski definition) is 5. The molecule has 0 aliphatic rings. The number of carbonyl (C=O) groups excluding carboxylic acids is 1. The van der Waals surface area contributed by atoms with E-state index < -0.39 is 6.04 Å². The summed E-state index contributed by atoms with van der Waals surface area (Å²) in [6.07, 6.45) is 3.04. The minimum absolute atomic E-state index is 0.0215. The van der Waals surface area contributed by atoms with Gasteiger partial charge in [0.15, 0.2) is 0 Å². The highest BCUT2D eigenvalue weighted by molar-refractivity contribution is 6.30. The van der Waals surface area contributed by atoms with Crippen LogP contribution in [0.25, 0.3) is 11.1 Å². The Kier molecular flexibility index (Phi) is 7.33. The number of aromatic amines is 1. The molecule has 2 aromatic heterocycles. The summed E-state index contributed by atoms with van der Waals surface area (Å²) in [6.45, 7) is 7.41. The van der Waals surface area contributed by atoms with Crippen LogP contribution in [0.2, 0.25) is 5.02 Å². The first-order valence-electron chi connectivity index (χ1n) is 10.4. The number of H-pyrrole nitrogens is 1. The number of aromatic nitrogens is 2. The quantitative estimate of drug-likeness (QED) is 0.424. The Hall–Kier alpha value is -3.16. The summed E-state index contributed by atoms with van der Waals surface area (Å²) in [6, 6.07) is 8.50. The molecular formula is C24H27ClN4O3. The second-order valence-electron chi connectivity index (χ2n) is 8.06. The Balaban J connectivity index is 2.10. The average Bonchev–Trinajstić information content (AvgIpc) is 2.76. The largest absolute Gasteiger partial charge is 0.394 e. The molecule has 1 atom stereocenters. The number of aliphatic hydroxyl groups excluding tert-OH is 1. The molecule has 1 amide bonds. The van der Waals surface area contributed by atoms with E-state index in [1.54, 1.807) is 37.4 Å². The Bertz CT molecular complexity index is 1190. The van der Waals surface area contributed by atoms with Crippen LogP contribution in [0, 0.1) is 6.92 Å². The van der Waals surface area contributed by atoms with Gasteiger partial charge in [-0.2, -0.15) is 0 Å². The standard InChI is InChI=1S/C24H27ClN4O3/c1-13(2)22-21(10-18(23(31)29-22)17-9-16(25)6-5-14(17)3)28-20-7-8-26-11-19(20)24(32)27-15(4)12-30/h5-11,13,15,30H,12H2,1-4H3,(H,26,28)(H,27,32)(H,29,31). The molecule has 1 aromatic carbocycles. The number of nitrogens with one attached hydrogen (secondary N) is 3. The fourth-order valence-electron chi connectivity index (χ4n) is 3.36. The van der Waals surface area contributed by atoms with Crippen molar-refractivity contribution in [2.75, 3.05) is 11.9 Å². The number of hydrogen-bond donors (Lipinski definition) is 4. The maximum atomic E-state index is 12.9. The number of aryl methyl sites for hydroxylation is 1. The number of amides is 1. The van der Waals surface area contributed by atoms with Crippen LogP contribution in [0.5, 0.6) is 0 Å². The molecule has 2 heterocycles. The van der Waals surface area contributed by atoms with Gasteiger partial charge in [0.05, 0.1) is 23.5 Å². The average molecular weight is 455 g/mol. The van der Waals surface area contributed by atoms with Gasteiger partial charge in [0, 0.05) is 34.7 Å². The van der Waals surface area contributed by atoms with Crippen LogP contribution in [0.4, 0.5) is 11.4 Å². The molecule has 4 N–H and O–H groups in total. The Morgan fingerprint density at radius 1 is 1.16 bits per heavy atom. The highest BCUT2D eigenvalue weighted by Gasteiger charge is 2.18. The van der Waals surface area contributed by atoms with E-state index >= 15 is 0 Å². The van der Waals surface area contributed by atoms with E-state index in [1.165, 1.54) is 6.20 Å². The van der Waals surface area contributed by atoms with E-state index in [0.29, 0.717) is 33.2 Å². The van der Waals surface area contributed by atoms with E-state index in [0.717, 1.165) is 11.1 Å². The van der Waals surface area contributed by atoms with Crippen molar-refractivity contribution in [3.63, 3.8) is 0 Å². The van der Waals surface area contributed by atoms with Gasteiger partial charge in [0.1, 0.15) is 0 Å². The summed E-state index contributed by atoms with van der Waals surface area (Å²) in [7, 11) is 0. The van der Waals surface area contributed by atoms with Gasteiger partial charge in [-0.05, 0) is 55.2 Å². The number of nitrogens with zero attached hydrogens (tertiary/aromatic N) is 1. The molecule has 3 aromatic rings. The Morgan fingerprint density at radius 2 is 1.91 bits per heavy atom. The molecule has 0 radical (unpaired) electrons. The highest BCUT2D eigenvalue weighted by Crippen LogP contribution is 2.31. The molecule has 0 aliphatic heterocycles. The summed E-state index contributed by atoms with van der Waals surface area (Å²) in [5.41, 5.74) is 4.17. The molecule has 168 valence electrons. The number of aliphatic hydroxyl groups is 1.